The van der Waals surface area contributed by atoms with E-state index in [0.717, 1.165) is 24.6 Å². The topological polar surface area (TPSA) is 53.4 Å². The number of anilines is 1. The van der Waals surface area contributed by atoms with Gasteiger partial charge >= 0.3 is 5.97 Å². The first-order valence-corrected chi connectivity index (χ1v) is 5.91. The van der Waals surface area contributed by atoms with Crippen molar-refractivity contribution in [3.8, 4) is 0 Å². The SMILES string of the molecule is CCN(CC(C)C)c1cc(C(=O)O)cc(C)n1. The third kappa shape index (κ3) is 3.73. The number of aromatic carboxylic acids is 1. The molecule has 0 amide bonds. The van der Waals surface area contributed by atoms with Crippen LogP contribution in [0.25, 0.3) is 0 Å². The van der Waals surface area contributed by atoms with Crippen molar-refractivity contribution in [1.29, 1.82) is 0 Å². The largest absolute Gasteiger partial charge is 0.478 e. The Morgan fingerprint density at radius 1 is 1.47 bits per heavy atom. The van der Waals surface area contributed by atoms with E-state index in [4.69, 9.17) is 5.11 Å². The molecule has 0 spiro atoms. The number of carboxylic acid groups (broad SMARTS) is 1. The molecule has 94 valence electrons. The molecule has 1 N–H and O–H groups in total. The van der Waals surface area contributed by atoms with Crippen molar-refractivity contribution in [1.82, 2.24) is 4.98 Å². The molecular formula is C13H20N2O2. The maximum Gasteiger partial charge on any atom is 0.335 e. The number of rotatable bonds is 5. The van der Waals surface area contributed by atoms with Crippen molar-refractivity contribution in [2.45, 2.75) is 27.7 Å². The molecule has 0 aromatic carbocycles. The lowest BCUT2D eigenvalue weighted by atomic mass is 10.2. The van der Waals surface area contributed by atoms with Crippen LogP contribution in [0, 0.1) is 12.8 Å². The Morgan fingerprint density at radius 2 is 2.12 bits per heavy atom. The Labute approximate surface area is 102 Å². The number of pyridine rings is 1. The fourth-order valence-electron chi connectivity index (χ4n) is 1.76. The monoisotopic (exact) mass is 236 g/mol. The van der Waals surface area contributed by atoms with Crippen molar-refractivity contribution in [2.24, 2.45) is 5.92 Å². The van der Waals surface area contributed by atoms with Gasteiger partial charge in [0, 0.05) is 18.8 Å². The van der Waals surface area contributed by atoms with Crippen molar-refractivity contribution >= 4 is 11.8 Å². The average Bonchev–Trinajstić information content (AvgIpc) is 2.24. The van der Waals surface area contributed by atoms with Crippen LogP contribution in [0.15, 0.2) is 12.1 Å². The molecule has 0 aliphatic heterocycles. The molecule has 0 fully saturated rings. The zero-order valence-electron chi connectivity index (χ0n) is 10.9. The first kappa shape index (κ1) is 13.5. The predicted octanol–water partition coefficient (Wildman–Crippen LogP) is 2.57. The predicted molar refractivity (Wildman–Crippen MR) is 68.7 cm³/mol. The van der Waals surface area contributed by atoms with Gasteiger partial charge in [0.25, 0.3) is 0 Å². The van der Waals surface area contributed by atoms with Gasteiger partial charge in [0.05, 0.1) is 5.56 Å². The van der Waals surface area contributed by atoms with Crippen LogP contribution in [-0.2, 0) is 0 Å². The Kier molecular flexibility index (Phi) is 4.49. The number of nitrogens with zero attached hydrogens (tertiary/aromatic N) is 2. The highest BCUT2D eigenvalue weighted by molar-refractivity contribution is 5.88. The van der Waals surface area contributed by atoms with Crippen LogP contribution in [0.1, 0.15) is 36.8 Å². The summed E-state index contributed by atoms with van der Waals surface area (Å²) in [6.45, 7) is 9.85. The van der Waals surface area contributed by atoms with E-state index in [1.165, 1.54) is 0 Å². The first-order chi connectivity index (χ1) is 7.93. The van der Waals surface area contributed by atoms with Crippen LogP contribution in [0.3, 0.4) is 0 Å². The number of aromatic nitrogens is 1. The number of carbonyl (C=O) groups is 1. The molecule has 0 radical (unpaired) electrons. The molecular weight excluding hydrogens is 216 g/mol. The summed E-state index contributed by atoms with van der Waals surface area (Å²) in [5, 5.41) is 9.02. The van der Waals surface area contributed by atoms with Crippen molar-refractivity contribution in [2.75, 3.05) is 18.0 Å². The van der Waals surface area contributed by atoms with Gasteiger partial charge in [0.1, 0.15) is 5.82 Å². The number of hydrogen-bond donors (Lipinski definition) is 1. The summed E-state index contributed by atoms with van der Waals surface area (Å²) in [7, 11) is 0. The summed E-state index contributed by atoms with van der Waals surface area (Å²) in [5.74, 6) is 0.362. The highest BCUT2D eigenvalue weighted by atomic mass is 16.4. The molecule has 1 heterocycles. The van der Waals surface area contributed by atoms with E-state index in [0.29, 0.717) is 11.5 Å². The molecule has 1 aromatic heterocycles. The van der Waals surface area contributed by atoms with Crippen LogP contribution in [-0.4, -0.2) is 29.1 Å². The van der Waals surface area contributed by atoms with E-state index in [1.54, 1.807) is 12.1 Å². The van der Waals surface area contributed by atoms with Gasteiger partial charge in [-0.3, -0.25) is 0 Å². The van der Waals surface area contributed by atoms with Crippen LogP contribution < -0.4 is 4.90 Å². The summed E-state index contributed by atoms with van der Waals surface area (Å²) in [5.41, 5.74) is 1.04. The lowest BCUT2D eigenvalue weighted by Crippen LogP contribution is -2.28. The minimum atomic E-state index is -0.905. The Bertz CT molecular complexity index is 402. The van der Waals surface area contributed by atoms with E-state index >= 15 is 0 Å². The molecule has 0 atom stereocenters. The summed E-state index contributed by atoms with van der Waals surface area (Å²) in [6.07, 6.45) is 0. The smallest absolute Gasteiger partial charge is 0.335 e. The van der Waals surface area contributed by atoms with Crippen molar-refractivity contribution in [3.63, 3.8) is 0 Å². The first-order valence-electron chi connectivity index (χ1n) is 5.91. The second-order valence-corrected chi connectivity index (χ2v) is 4.59. The quantitative estimate of drug-likeness (QED) is 0.853. The number of hydrogen-bond acceptors (Lipinski definition) is 3. The highest BCUT2D eigenvalue weighted by Crippen LogP contribution is 2.16. The fourth-order valence-corrected chi connectivity index (χ4v) is 1.76. The molecule has 0 aliphatic carbocycles. The van der Waals surface area contributed by atoms with Gasteiger partial charge in [-0.05, 0) is 31.9 Å². The molecule has 0 unspecified atom stereocenters. The van der Waals surface area contributed by atoms with Crippen LogP contribution in [0.2, 0.25) is 0 Å². The molecule has 4 heteroatoms. The molecule has 1 aromatic rings. The van der Waals surface area contributed by atoms with Gasteiger partial charge in [0.15, 0.2) is 0 Å². The highest BCUT2D eigenvalue weighted by Gasteiger charge is 2.12. The van der Waals surface area contributed by atoms with E-state index in [1.807, 2.05) is 13.8 Å². The molecule has 17 heavy (non-hydrogen) atoms. The maximum atomic E-state index is 11.0. The van der Waals surface area contributed by atoms with E-state index in [2.05, 4.69) is 23.7 Å². The van der Waals surface area contributed by atoms with Gasteiger partial charge in [0.2, 0.25) is 0 Å². The zero-order chi connectivity index (χ0) is 13.0. The van der Waals surface area contributed by atoms with Crippen molar-refractivity contribution < 1.29 is 9.90 Å². The van der Waals surface area contributed by atoms with Crippen LogP contribution >= 0.6 is 0 Å². The maximum absolute atomic E-state index is 11.0. The lowest BCUT2D eigenvalue weighted by molar-refractivity contribution is 0.0696. The Balaban J connectivity index is 3.06. The Hall–Kier alpha value is -1.58. The summed E-state index contributed by atoms with van der Waals surface area (Å²) >= 11 is 0. The van der Waals surface area contributed by atoms with Crippen LogP contribution in [0.5, 0.6) is 0 Å². The summed E-state index contributed by atoms with van der Waals surface area (Å²) < 4.78 is 0. The number of aryl methyl sites for hydroxylation is 1. The molecule has 0 saturated heterocycles. The average molecular weight is 236 g/mol. The van der Waals surface area contributed by atoms with Gasteiger partial charge in [-0.25, -0.2) is 9.78 Å². The second kappa shape index (κ2) is 5.66. The van der Waals surface area contributed by atoms with E-state index < -0.39 is 5.97 Å². The number of carboxylic acids is 1. The van der Waals surface area contributed by atoms with Gasteiger partial charge in [-0.2, -0.15) is 0 Å². The van der Waals surface area contributed by atoms with Gasteiger partial charge in [-0.15, -0.1) is 0 Å². The fraction of sp³-hybridized carbons (Fsp3) is 0.538. The molecule has 0 aliphatic rings. The van der Waals surface area contributed by atoms with E-state index in [9.17, 15) is 4.79 Å². The zero-order valence-corrected chi connectivity index (χ0v) is 10.9. The molecule has 4 nitrogen and oxygen atoms in total. The summed E-state index contributed by atoms with van der Waals surface area (Å²) in [4.78, 5) is 17.5. The third-order valence-electron chi connectivity index (χ3n) is 2.48. The van der Waals surface area contributed by atoms with Gasteiger partial charge < -0.3 is 10.0 Å². The standard InChI is InChI=1S/C13H20N2O2/c1-5-15(8-9(2)3)12-7-11(13(16)17)6-10(4)14-12/h6-7,9H,5,8H2,1-4H3,(H,16,17). The minimum absolute atomic E-state index is 0.301. The molecule has 0 bridgehead atoms. The lowest BCUT2D eigenvalue weighted by Gasteiger charge is -2.24. The Morgan fingerprint density at radius 3 is 2.59 bits per heavy atom. The molecule has 1 rings (SSSR count). The minimum Gasteiger partial charge on any atom is -0.478 e. The summed E-state index contributed by atoms with van der Waals surface area (Å²) in [6, 6.07) is 3.23. The molecule has 0 saturated carbocycles. The second-order valence-electron chi connectivity index (χ2n) is 4.59. The van der Waals surface area contributed by atoms with E-state index in [-0.39, 0.29) is 0 Å². The third-order valence-corrected chi connectivity index (χ3v) is 2.48. The van der Waals surface area contributed by atoms with Crippen molar-refractivity contribution in [3.05, 3.63) is 23.4 Å². The normalized spacial score (nSPS) is 10.6. The van der Waals surface area contributed by atoms with Gasteiger partial charge in [-0.1, -0.05) is 13.8 Å². The van der Waals surface area contributed by atoms with Crippen LogP contribution in [0.4, 0.5) is 5.82 Å².